The molecule has 0 aliphatic heterocycles. The molecule has 0 unspecified atom stereocenters. The second kappa shape index (κ2) is 4.65. The van der Waals surface area contributed by atoms with Gasteiger partial charge in [0.1, 0.15) is 0 Å². The first-order chi connectivity index (χ1) is 6.24. The van der Waals surface area contributed by atoms with E-state index in [1.807, 2.05) is 0 Å². The highest BCUT2D eigenvalue weighted by atomic mass is 16.3. The average molecular weight is 178 g/mol. The van der Waals surface area contributed by atoms with Gasteiger partial charge in [-0.25, -0.2) is 0 Å². The average Bonchev–Trinajstić information content (AvgIpc) is 2.29. The molecule has 2 nitrogen and oxygen atoms in total. The molecule has 0 saturated heterocycles. The topological polar surface area (TPSA) is 37.3 Å². The number of aryl methyl sites for hydroxylation is 1. The summed E-state index contributed by atoms with van der Waals surface area (Å²) >= 11 is 0. The maximum absolute atomic E-state index is 11.0. The Labute approximate surface area is 77.9 Å². The van der Waals surface area contributed by atoms with E-state index < -0.39 is 0 Å². The predicted molar refractivity (Wildman–Crippen MR) is 53.0 cm³/mol. The molecule has 0 radical (unpaired) electrons. The maximum atomic E-state index is 11.0. The number of unbranched alkanes of at least 4 members (excludes halogenated alkanes) is 1. The minimum absolute atomic E-state index is 0.178. The molecular formula is C11H14O2. The highest BCUT2D eigenvalue weighted by molar-refractivity contribution is 5.23. The van der Waals surface area contributed by atoms with Gasteiger partial charge in [-0.3, -0.25) is 4.79 Å². The Bertz CT molecular complexity index is 331. The summed E-state index contributed by atoms with van der Waals surface area (Å²) in [4.78, 5) is 11.0. The van der Waals surface area contributed by atoms with Crippen molar-refractivity contribution in [3.05, 3.63) is 40.1 Å². The zero-order valence-electron chi connectivity index (χ0n) is 7.79. The van der Waals surface area contributed by atoms with Crippen molar-refractivity contribution < 1.29 is 5.11 Å². The third-order valence-corrected chi connectivity index (χ3v) is 1.98. The fourth-order valence-corrected chi connectivity index (χ4v) is 1.14. The van der Waals surface area contributed by atoms with Gasteiger partial charge < -0.3 is 5.11 Å². The summed E-state index contributed by atoms with van der Waals surface area (Å²) in [5.41, 5.74) is 0.780. The zero-order valence-corrected chi connectivity index (χ0v) is 7.79. The van der Waals surface area contributed by atoms with Gasteiger partial charge >= 0.3 is 0 Å². The van der Waals surface area contributed by atoms with Gasteiger partial charge in [0.2, 0.25) is 5.43 Å². The lowest BCUT2D eigenvalue weighted by Gasteiger charge is -1.93. The Morgan fingerprint density at radius 2 is 1.92 bits per heavy atom. The summed E-state index contributed by atoms with van der Waals surface area (Å²) in [5, 5.41) is 9.12. The summed E-state index contributed by atoms with van der Waals surface area (Å²) in [7, 11) is 0. The maximum Gasteiger partial charge on any atom is 0.220 e. The van der Waals surface area contributed by atoms with Crippen molar-refractivity contribution in [3.8, 4) is 5.75 Å². The van der Waals surface area contributed by atoms with Crippen LogP contribution in [-0.4, -0.2) is 5.11 Å². The molecule has 0 atom stereocenters. The second-order valence-corrected chi connectivity index (χ2v) is 3.09. The van der Waals surface area contributed by atoms with Crippen LogP contribution < -0.4 is 5.43 Å². The van der Waals surface area contributed by atoms with Crippen LogP contribution in [0.5, 0.6) is 5.75 Å². The molecule has 0 fully saturated rings. The molecule has 0 aromatic heterocycles. The van der Waals surface area contributed by atoms with Gasteiger partial charge in [-0.1, -0.05) is 25.5 Å². The number of rotatable bonds is 3. The van der Waals surface area contributed by atoms with Gasteiger partial charge in [0.05, 0.1) is 0 Å². The van der Waals surface area contributed by atoms with E-state index in [1.54, 1.807) is 12.1 Å². The van der Waals surface area contributed by atoms with Crippen LogP contribution in [0.3, 0.4) is 0 Å². The zero-order chi connectivity index (χ0) is 9.68. The second-order valence-electron chi connectivity index (χ2n) is 3.09. The Morgan fingerprint density at radius 3 is 2.62 bits per heavy atom. The number of hydrogen-bond donors (Lipinski definition) is 1. The van der Waals surface area contributed by atoms with Crippen LogP contribution in [-0.2, 0) is 6.42 Å². The molecule has 0 aliphatic carbocycles. The van der Waals surface area contributed by atoms with E-state index in [-0.39, 0.29) is 11.2 Å². The molecule has 1 rings (SSSR count). The SMILES string of the molecule is CCCCc1ccc(O)c(=O)cc1. The molecule has 2 heteroatoms. The van der Waals surface area contributed by atoms with E-state index in [9.17, 15) is 4.79 Å². The fraction of sp³-hybridized carbons (Fsp3) is 0.364. The van der Waals surface area contributed by atoms with Crippen LogP contribution in [0.15, 0.2) is 29.1 Å². The van der Waals surface area contributed by atoms with E-state index in [1.165, 1.54) is 12.1 Å². The Balaban J connectivity index is 2.89. The third-order valence-electron chi connectivity index (χ3n) is 1.98. The quantitative estimate of drug-likeness (QED) is 0.769. The van der Waals surface area contributed by atoms with Crippen molar-refractivity contribution in [2.24, 2.45) is 0 Å². The van der Waals surface area contributed by atoms with E-state index in [0.717, 1.165) is 24.8 Å². The fourth-order valence-electron chi connectivity index (χ4n) is 1.14. The third kappa shape index (κ3) is 2.90. The summed E-state index contributed by atoms with van der Waals surface area (Å²) in [5.74, 6) is -0.178. The van der Waals surface area contributed by atoms with Crippen molar-refractivity contribution in [1.29, 1.82) is 0 Å². The van der Waals surface area contributed by atoms with Gasteiger partial charge in [0, 0.05) is 0 Å². The van der Waals surface area contributed by atoms with Gasteiger partial charge in [0.25, 0.3) is 0 Å². The molecule has 0 saturated carbocycles. The summed E-state index contributed by atoms with van der Waals surface area (Å²) in [6.07, 6.45) is 3.21. The lowest BCUT2D eigenvalue weighted by atomic mass is 10.1. The van der Waals surface area contributed by atoms with E-state index >= 15 is 0 Å². The minimum Gasteiger partial charge on any atom is -0.504 e. The first-order valence-corrected chi connectivity index (χ1v) is 4.56. The Kier molecular flexibility index (Phi) is 3.50. The molecule has 0 heterocycles. The van der Waals surface area contributed by atoms with Crippen molar-refractivity contribution in [2.45, 2.75) is 26.2 Å². The highest BCUT2D eigenvalue weighted by Crippen LogP contribution is 2.05. The normalized spacial score (nSPS) is 9.92. The lowest BCUT2D eigenvalue weighted by molar-refractivity contribution is 0.471. The molecular weight excluding hydrogens is 164 g/mol. The van der Waals surface area contributed by atoms with Crippen molar-refractivity contribution in [1.82, 2.24) is 0 Å². The van der Waals surface area contributed by atoms with Gasteiger partial charge in [0.15, 0.2) is 5.75 Å². The van der Waals surface area contributed by atoms with E-state index in [2.05, 4.69) is 6.92 Å². The van der Waals surface area contributed by atoms with Crippen LogP contribution in [0.2, 0.25) is 0 Å². The van der Waals surface area contributed by atoms with Crippen LogP contribution in [0.4, 0.5) is 0 Å². The molecule has 1 aromatic rings. The molecule has 0 aliphatic rings. The molecule has 0 spiro atoms. The van der Waals surface area contributed by atoms with Crippen LogP contribution in [0.25, 0.3) is 0 Å². The van der Waals surface area contributed by atoms with Crippen LogP contribution in [0, 0.1) is 0 Å². The summed E-state index contributed by atoms with van der Waals surface area (Å²) in [6.45, 7) is 2.12. The first kappa shape index (κ1) is 9.78. The van der Waals surface area contributed by atoms with Crippen molar-refractivity contribution in [3.63, 3.8) is 0 Å². The van der Waals surface area contributed by atoms with Gasteiger partial charge in [-0.15, -0.1) is 0 Å². The predicted octanol–water partition coefficient (Wildman–Crippen LogP) is 2.09. The standard InChI is InChI=1S/C11H14O2/c1-2-3-4-9-5-7-10(12)11(13)8-6-9/h5-8H,2-4H2,1H3,(H,12,13). The van der Waals surface area contributed by atoms with Crippen molar-refractivity contribution >= 4 is 0 Å². The molecule has 0 amide bonds. The van der Waals surface area contributed by atoms with Gasteiger partial charge in [-0.2, -0.15) is 0 Å². The van der Waals surface area contributed by atoms with E-state index in [0.29, 0.717) is 0 Å². The molecule has 0 bridgehead atoms. The monoisotopic (exact) mass is 178 g/mol. The Morgan fingerprint density at radius 1 is 1.23 bits per heavy atom. The molecule has 1 N–H and O–H groups in total. The summed E-state index contributed by atoms with van der Waals surface area (Å²) in [6, 6.07) is 6.46. The van der Waals surface area contributed by atoms with Crippen LogP contribution >= 0.6 is 0 Å². The highest BCUT2D eigenvalue weighted by Gasteiger charge is 1.94. The molecule has 13 heavy (non-hydrogen) atoms. The Hall–Kier alpha value is -1.31. The van der Waals surface area contributed by atoms with E-state index in [4.69, 9.17) is 5.11 Å². The summed E-state index contributed by atoms with van der Waals surface area (Å²) < 4.78 is 0. The minimum atomic E-state index is -0.317. The lowest BCUT2D eigenvalue weighted by Crippen LogP contribution is -1.91. The molecule has 70 valence electrons. The number of hydrogen-bond acceptors (Lipinski definition) is 2. The molecule has 1 aromatic carbocycles. The first-order valence-electron chi connectivity index (χ1n) is 4.56. The van der Waals surface area contributed by atoms with Gasteiger partial charge in [-0.05, 0) is 30.5 Å². The smallest absolute Gasteiger partial charge is 0.220 e. The van der Waals surface area contributed by atoms with Crippen molar-refractivity contribution in [2.75, 3.05) is 0 Å². The number of aromatic hydroxyl groups is 1. The van der Waals surface area contributed by atoms with Crippen LogP contribution in [0.1, 0.15) is 25.3 Å². The largest absolute Gasteiger partial charge is 0.504 e.